The number of rotatable bonds is 9. The van der Waals surface area contributed by atoms with Crippen molar-refractivity contribution in [3.8, 4) is 5.75 Å². The SMILES string of the molecule is CCCN(CC(=O)Nc1ccccc1OC)C(=O)CCNC. The number of carbonyl (C=O) groups excluding carboxylic acids is 2. The lowest BCUT2D eigenvalue weighted by atomic mass is 10.2. The highest BCUT2D eigenvalue weighted by Gasteiger charge is 2.16. The van der Waals surface area contributed by atoms with Crippen LogP contribution in [0.5, 0.6) is 5.75 Å². The number of methoxy groups -OCH3 is 1. The summed E-state index contributed by atoms with van der Waals surface area (Å²) < 4.78 is 5.20. The molecule has 2 amide bonds. The molecule has 0 aliphatic rings. The number of para-hydroxylation sites is 2. The fraction of sp³-hybridized carbons (Fsp3) is 0.500. The summed E-state index contributed by atoms with van der Waals surface area (Å²) in [5, 5.41) is 5.73. The maximum atomic E-state index is 12.2. The van der Waals surface area contributed by atoms with E-state index in [0.29, 0.717) is 30.9 Å². The normalized spacial score (nSPS) is 10.1. The van der Waals surface area contributed by atoms with Crippen LogP contribution in [0.25, 0.3) is 0 Å². The van der Waals surface area contributed by atoms with Crippen LogP contribution < -0.4 is 15.4 Å². The maximum Gasteiger partial charge on any atom is 0.244 e. The first kappa shape index (κ1) is 18.0. The minimum Gasteiger partial charge on any atom is -0.495 e. The van der Waals surface area contributed by atoms with E-state index >= 15 is 0 Å². The Hall–Kier alpha value is -2.08. The molecule has 0 saturated heterocycles. The van der Waals surface area contributed by atoms with Crippen molar-refractivity contribution in [2.24, 2.45) is 0 Å². The standard InChI is InChI=1S/C16H25N3O3/c1-4-11-19(16(21)9-10-17-2)12-15(20)18-13-7-5-6-8-14(13)22-3/h5-8,17H,4,9-12H2,1-3H3,(H,18,20). The van der Waals surface area contributed by atoms with E-state index in [1.54, 1.807) is 31.2 Å². The molecule has 0 atom stereocenters. The molecular weight excluding hydrogens is 282 g/mol. The molecule has 1 rings (SSSR count). The van der Waals surface area contributed by atoms with Crippen LogP contribution in [0.2, 0.25) is 0 Å². The first-order valence-corrected chi connectivity index (χ1v) is 7.47. The van der Waals surface area contributed by atoms with Crippen molar-refractivity contribution >= 4 is 17.5 Å². The molecule has 0 saturated carbocycles. The third-order valence-corrected chi connectivity index (χ3v) is 3.15. The van der Waals surface area contributed by atoms with Crippen molar-refractivity contribution in [3.63, 3.8) is 0 Å². The maximum absolute atomic E-state index is 12.2. The quantitative estimate of drug-likeness (QED) is 0.725. The van der Waals surface area contributed by atoms with Gasteiger partial charge < -0.3 is 20.3 Å². The molecule has 0 fully saturated rings. The van der Waals surface area contributed by atoms with Gasteiger partial charge in [0.1, 0.15) is 5.75 Å². The summed E-state index contributed by atoms with van der Waals surface area (Å²) in [5.74, 6) is 0.349. The van der Waals surface area contributed by atoms with Crippen LogP contribution in [0.4, 0.5) is 5.69 Å². The van der Waals surface area contributed by atoms with Crippen molar-refractivity contribution in [3.05, 3.63) is 24.3 Å². The summed E-state index contributed by atoms with van der Waals surface area (Å²) in [6.07, 6.45) is 1.20. The van der Waals surface area contributed by atoms with Gasteiger partial charge in [-0.2, -0.15) is 0 Å². The zero-order valence-corrected chi connectivity index (χ0v) is 13.5. The van der Waals surface area contributed by atoms with E-state index in [0.717, 1.165) is 6.42 Å². The first-order chi connectivity index (χ1) is 10.6. The zero-order valence-electron chi connectivity index (χ0n) is 13.5. The Kier molecular flexibility index (Phi) is 7.99. The van der Waals surface area contributed by atoms with Crippen LogP contribution in [0.1, 0.15) is 19.8 Å². The third-order valence-electron chi connectivity index (χ3n) is 3.15. The van der Waals surface area contributed by atoms with Crippen LogP contribution in [-0.2, 0) is 9.59 Å². The van der Waals surface area contributed by atoms with Gasteiger partial charge in [0.2, 0.25) is 11.8 Å². The fourth-order valence-electron chi connectivity index (χ4n) is 2.06. The van der Waals surface area contributed by atoms with E-state index in [9.17, 15) is 9.59 Å². The lowest BCUT2D eigenvalue weighted by molar-refractivity contribution is -0.134. The molecule has 0 aliphatic carbocycles. The molecule has 0 spiro atoms. The van der Waals surface area contributed by atoms with Crippen molar-refractivity contribution < 1.29 is 14.3 Å². The summed E-state index contributed by atoms with van der Waals surface area (Å²) in [5.41, 5.74) is 0.606. The van der Waals surface area contributed by atoms with E-state index in [-0.39, 0.29) is 18.4 Å². The predicted molar refractivity (Wildman–Crippen MR) is 87.0 cm³/mol. The van der Waals surface area contributed by atoms with Crippen LogP contribution in [0.15, 0.2) is 24.3 Å². The minimum absolute atomic E-state index is 0.0219. The number of ether oxygens (including phenoxy) is 1. The molecule has 0 aromatic heterocycles. The number of amides is 2. The second kappa shape index (κ2) is 9.78. The van der Waals surface area contributed by atoms with Crippen molar-refractivity contribution in [2.45, 2.75) is 19.8 Å². The van der Waals surface area contributed by atoms with E-state index in [1.807, 2.05) is 19.1 Å². The molecule has 0 radical (unpaired) electrons. The van der Waals surface area contributed by atoms with Gasteiger partial charge in [-0.15, -0.1) is 0 Å². The van der Waals surface area contributed by atoms with Gasteiger partial charge in [-0.05, 0) is 25.6 Å². The molecule has 1 aromatic rings. The monoisotopic (exact) mass is 307 g/mol. The van der Waals surface area contributed by atoms with E-state index in [4.69, 9.17) is 4.74 Å². The molecule has 1 aromatic carbocycles. The molecule has 6 heteroatoms. The number of nitrogens with one attached hydrogen (secondary N) is 2. The largest absolute Gasteiger partial charge is 0.495 e. The summed E-state index contributed by atoms with van der Waals surface area (Å²) in [7, 11) is 3.35. The van der Waals surface area contributed by atoms with Crippen molar-refractivity contribution in [2.75, 3.05) is 39.1 Å². The summed E-state index contributed by atoms with van der Waals surface area (Å²) >= 11 is 0. The highest BCUT2D eigenvalue weighted by molar-refractivity contribution is 5.95. The number of benzene rings is 1. The number of nitrogens with zero attached hydrogens (tertiary/aromatic N) is 1. The van der Waals surface area contributed by atoms with E-state index in [2.05, 4.69) is 10.6 Å². The van der Waals surface area contributed by atoms with Gasteiger partial charge in [0, 0.05) is 19.5 Å². The average molecular weight is 307 g/mol. The number of anilines is 1. The van der Waals surface area contributed by atoms with Crippen molar-refractivity contribution in [1.82, 2.24) is 10.2 Å². The third kappa shape index (κ3) is 5.73. The number of carbonyl (C=O) groups is 2. The molecule has 2 N–H and O–H groups in total. The topological polar surface area (TPSA) is 70.7 Å². The van der Waals surface area contributed by atoms with Gasteiger partial charge in [-0.1, -0.05) is 19.1 Å². The number of hydrogen-bond acceptors (Lipinski definition) is 4. The lowest BCUT2D eigenvalue weighted by Crippen LogP contribution is -2.39. The van der Waals surface area contributed by atoms with Gasteiger partial charge in [0.05, 0.1) is 19.3 Å². The Labute approximate surface area is 131 Å². The van der Waals surface area contributed by atoms with Crippen molar-refractivity contribution in [1.29, 1.82) is 0 Å². The van der Waals surface area contributed by atoms with Gasteiger partial charge >= 0.3 is 0 Å². The van der Waals surface area contributed by atoms with E-state index < -0.39 is 0 Å². The second-order valence-electron chi connectivity index (χ2n) is 4.92. The Morgan fingerprint density at radius 3 is 2.64 bits per heavy atom. The molecule has 6 nitrogen and oxygen atoms in total. The molecule has 0 heterocycles. The molecule has 122 valence electrons. The van der Waals surface area contributed by atoms with Gasteiger partial charge in [0.25, 0.3) is 0 Å². The zero-order chi connectivity index (χ0) is 16.4. The molecule has 0 aliphatic heterocycles. The molecule has 22 heavy (non-hydrogen) atoms. The van der Waals surface area contributed by atoms with Crippen LogP contribution in [0.3, 0.4) is 0 Å². The van der Waals surface area contributed by atoms with Crippen LogP contribution in [-0.4, -0.2) is 50.5 Å². The minimum atomic E-state index is -0.226. The van der Waals surface area contributed by atoms with Crippen LogP contribution in [0, 0.1) is 0 Å². The van der Waals surface area contributed by atoms with Gasteiger partial charge in [-0.25, -0.2) is 0 Å². The summed E-state index contributed by atoms with van der Waals surface area (Å²) in [6.45, 7) is 3.21. The fourth-order valence-corrected chi connectivity index (χ4v) is 2.06. The Bertz CT molecular complexity index is 491. The average Bonchev–Trinajstić information content (AvgIpc) is 2.52. The molecular formula is C16H25N3O3. The molecule has 0 bridgehead atoms. The Balaban J connectivity index is 2.64. The Morgan fingerprint density at radius 1 is 1.27 bits per heavy atom. The summed E-state index contributed by atoms with van der Waals surface area (Å²) in [4.78, 5) is 25.8. The highest BCUT2D eigenvalue weighted by Crippen LogP contribution is 2.22. The molecule has 0 unspecified atom stereocenters. The van der Waals surface area contributed by atoms with E-state index in [1.165, 1.54) is 0 Å². The second-order valence-corrected chi connectivity index (χ2v) is 4.92. The van der Waals surface area contributed by atoms with Gasteiger partial charge in [0.15, 0.2) is 0 Å². The number of hydrogen-bond donors (Lipinski definition) is 2. The van der Waals surface area contributed by atoms with Gasteiger partial charge in [-0.3, -0.25) is 9.59 Å². The predicted octanol–water partition coefficient (Wildman–Crippen LogP) is 1.48. The Morgan fingerprint density at radius 2 is 2.00 bits per heavy atom. The lowest BCUT2D eigenvalue weighted by Gasteiger charge is -2.22. The first-order valence-electron chi connectivity index (χ1n) is 7.47. The highest BCUT2D eigenvalue weighted by atomic mass is 16.5. The smallest absolute Gasteiger partial charge is 0.244 e. The summed E-state index contributed by atoms with van der Waals surface area (Å²) in [6, 6.07) is 7.19. The van der Waals surface area contributed by atoms with Crippen LogP contribution >= 0.6 is 0 Å².